The van der Waals surface area contributed by atoms with E-state index in [9.17, 15) is 4.79 Å². The van der Waals surface area contributed by atoms with Crippen LogP contribution in [0.25, 0.3) is 0 Å². The SMILES string of the molecule is CCOC(=O)c1ccccc1OCCCCBr. The van der Waals surface area contributed by atoms with Gasteiger partial charge in [-0.15, -0.1) is 0 Å². The number of unbranched alkanes of at least 4 members (excludes halogenated alkanes) is 1. The Morgan fingerprint density at radius 1 is 1.29 bits per heavy atom. The molecule has 0 aliphatic rings. The minimum Gasteiger partial charge on any atom is -0.493 e. The normalized spacial score (nSPS) is 10.0. The van der Waals surface area contributed by atoms with Crippen LogP contribution < -0.4 is 4.74 Å². The largest absolute Gasteiger partial charge is 0.493 e. The molecule has 0 spiro atoms. The van der Waals surface area contributed by atoms with Crippen LogP contribution in [-0.2, 0) is 4.74 Å². The molecule has 0 saturated heterocycles. The zero-order valence-electron chi connectivity index (χ0n) is 9.95. The van der Waals surface area contributed by atoms with Crippen LogP contribution in [0.2, 0.25) is 0 Å². The second-order valence-electron chi connectivity index (χ2n) is 3.46. The van der Waals surface area contributed by atoms with Crippen molar-refractivity contribution in [3.63, 3.8) is 0 Å². The van der Waals surface area contributed by atoms with Crippen molar-refractivity contribution in [3.8, 4) is 5.75 Å². The Balaban J connectivity index is 2.61. The highest BCUT2D eigenvalue weighted by Gasteiger charge is 2.12. The number of carbonyl (C=O) groups excluding carboxylic acids is 1. The van der Waals surface area contributed by atoms with E-state index in [-0.39, 0.29) is 5.97 Å². The van der Waals surface area contributed by atoms with Crippen molar-refractivity contribution in [3.05, 3.63) is 29.8 Å². The fraction of sp³-hybridized carbons (Fsp3) is 0.462. The number of hydrogen-bond acceptors (Lipinski definition) is 3. The van der Waals surface area contributed by atoms with Crippen molar-refractivity contribution in [2.24, 2.45) is 0 Å². The Kier molecular flexibility index (Phi) is 6.70. The van der Waals surface area contributed by atoms with Gasteiger partial charge in [-0.1, -0.05) is 28.1 Å². The van der Waals surface area contributed by atoms with Crippen LogP contribution in [0.4, 0.5) is 0 Å². The topological polar surface area (TPSA) is 35.5 Å². The van der Waals surface area contributed by atoms with E-state index >= 15 is 0 Å². The molecule has 17 heavy (non-hydrogen) atoms. The molecule has 94 valence electrons. The van der Waals surface area contributed by atoms with E-state index in [4.69, 9.17) is 9.47 Å². The van der Waals surface area contributed by atoms with Gasteiger partial charge in [0.1, 0.15) is 11.3 Å². The smallest absolute Gasteiger partial charge is 0.341 e. The lowest BCUT2D eigenvalue weighted by molar-refractivity contribution is 0.0521. The van der Waals surface area contributed by atoms with E-state index in [0.717, 1.165) is 18.2 Å². The molecule has 0 aromatic heterocycles. The van der Waals surface area contributed by atoms with Gasteiger partial charge in [0.2, 0.25) is 0 Å². The molecule has 4 heteroatoms. The van der Waals surface area contributed by atoms with Crippen LogP contribution in [0.15, 0.2) is 24.3 Å². The molecule has 0 radical (unpaired) electrons. The molecule has 0 amide bonds. The summed E-state index contributed by atoms with van der Waals surface area (Å²) in [6.07, 6.45) is 2.02. The van der Waals surface area contributed by atoms with Gasteiger partial charge in [-0.2, -0.15) is 0 Å². The Labute approximate surface area is 110 Å². The number of para-hydroxylation sites is 1. The number of rotatable bonds is 7. The molecular formula is C13H17BrO3. The molecule has 1 aromatic rings. The Hall–Kier alpha value is -1.03. The molecule has 0 atom stereocenters. The summed E-state index contributed by atoms with van der Waals surface area (Å²) < 4.78 is 10.6. The van der Waals surface area contributed by atoms with E-state index in [2.05, 4.69) is 15.9 Å². The van der Waals surface area contributed by atoms with Gasteiger partial charge in [-0.25, -0.2) is 4.79 Å². The lowest BCUT2D eigenvalue weighted by atomic mass is 10.2. The highest BCUT2D eigenvalue weighted by molar-refractivity contribution is 9.09. The molecule has 3 nitrogen and oxygen atoms in total. The third-order valence-corrected chi connectivity index (χ3v) is 2.73. The number of ether oxygens (including phenoxy) is 2. The van der Waals surface area contributed by atoms with Gasteiger partial charge in [-0.05, 0) is 31.9 Å². The molecule has 0 aliphatic carbocycles. The molecular weight excluding hydrogens is 284 g/mol. The molecule has 0 N–H and O–H groups in total. The van der Waals surface area contributed by atoms with Gasteiger partial charge in [0.15, 0.2) is 0 Å². The molecule has 1 rings (SSSR count). The molecule has 0 bridgehead atoms. The molecule has 0 heterocycles. The minimum atomic E-state index is -0.330. The molecule has 1 aromatic carbocycles. The van der Waals surface area contributed by atoms with Crippen molar-refractivity contribution >= 4 is 21.9 Å². The summed E-state index contributed by atoms with van der Waals surface area (Å²) >= 11 is 3.36. The Bertz CT molecular complexity index is 352. The summed E-state index contributed by atoms with van der Waals surface area (Å²) in [4.78, 5) is 11.6. The first-order valence-electron chi connectivity index (χ1n) is 5.74. The number of alkyl halides is 1. The number of esters is 1. The Morgan fingerprint density at radius 3 is 2.76 bits per heavy atom. The molecule has 0 fully saturated rings. The predicted octanol–water partition coefficient (Wildman–Crippen LogP) is 3.42. The third kappa shape index (κ3) is 4.77. The summed E-state index contributed by atoms with van der Waals surface area (Å²) in [6.45, 7) is 2.77. The maximum atomic E-state index is 11.6. The number of carbonyl (C=O) groups is 1. The highest BCUT2D eigenvalue weighted by atomic mass is 79.9. The summed E-state index contributed by atoms with van der Waals surface area (Å²) in [6, 6.07) is 7.17. The van der Waals surface area contributed by atoms with Gasteiger partial charge < -0.3 is 9.47 Å². The fourth-order valence-corrected chi connectivity index (χ4v) is 1.75. The average molecular weight is 301 g/mol. The summed E-state index contributed by atoms with van der Waals surface area (Å²) in [7, 11) is 0. The van der Waals surface area contributed by atoms with Gasteiger partial charge in [-0.3, -0.25) is 0 Å². The third-order valence-electron chi connectivity index (χ3n) is 2.17. The van der Waals surface area contributed by atoms with Gasteiger partial charge >= 0.3 is 5.97 Å². The number of hydrogen-bond donors (Lipinski definition) is 0. The van der Waals surface area contributed by atoms with Crippen molar-refractivity contribution in [1.82, 2.24) is 0 Å². The number of halogens is 1. The van der Waals surface area contributed by atoms with Crippen molar-refractivity contribution in [2.45, 2.75) is 19.8 Å². The monoisotopic (exact) mass is 300 g/mol. The van der Waals surface area contributed by atoms with E-state index in [1.54, 1.807) is 25.1 Å². The van der Waals surface area contributed by atoms with E-state index < -0.39 is 0 Å². The van der Waals surface area contributed by atoms with Crippen LogP contribution in [0.1, 0.15) is 30.1 Å². The fourth-order valence-electron chi connectivity index (χ4n) is 1.35. The van der Waals surface area contributed by atoms with E-state index in [1.807, 2.05) is 6.07 Å². The van der Waals surface area contributed by atoms with Gasteiger partial charge in [0.25, 0.3) is 0 Å². The van der Waals surface area contributed by atoms with Crippen LogP contribution in [-0.4, -0.2) is 24.5 Å². The highest BCUT2D eigenvalue weighted by Crippen LogP contribution is 2.19. The first-order valence-corrected chi connectivity index (χ1v) is 6.86. The van der Waals surface area contributed by atoms with Gasteiger partial charge in [0, 0.05) is 5.33 Å². The average Bonchev–Trinajstić information content (AvgIpc) is 2.35. The maximum Gasteiger partial charge on any atom is 0.341 e. The molecule has 0 unspecified atom stereocenters. The first-order chi connectivity index (χ1) is 8.29. The molecule has 0 aliphatic heterocycles. The van der Waals surface area contributed by atoms with Gasteiger partial charge in [0.05, 0.1) is 13.2 Å². The summed E-state index contributed by atoms with van der Waals surface area (Å²) in [5.41, 5.74) is 0.494. The van der Waals surface area contributed by atoms with Crippen molar-refractivity contribution < 1.29 is 14.3 Å². The second kappa shape index (κ2) is 8.12. The number of benzene rings is 1. The lowest BCUT2D eigenvalue weighted by Crippen LogP contribution is -2.08. The van der Waals surface area contributed by atoms with E-state index in [1.165, 1.54) is 0 Å². The zero-order chi connectivity index (χ0) is 12.5. The summed E-state index contributed by atoms with van der Waals surface area (Å²) in [5.74, 6) is 0.268. The summed E-state index contributed by atoms with van der Waals surface area (Å²) in [5, 5.41) is 0.968. The lowest BCUT2D eigenvalue weighted by Gasteiger charge is -2.10. The van der Waals surface area contributed by atoms with Crippen LogP contribution in [0, 0.1) is 0 Å². The van der Waals surface area contributed by atoms with E-state index in [0.29, 0.717) is 24.5 Å². The minimum absolute atomic E-state index is 0.330. The quantitative estimate of drug-likeness (QED) is 0.440. The molecule has 0 saturated carbocycles. The zero-order valence-corrected chi connectivity index (χ0v) is 11.5. The van der Waals surface area contributed by atoms with Crippen molar-refractivity contribution in [2.75, 3.05) is 18.5 Å². The predicted molar refractivity (Wildman–Crippen MR) is 70.9 cm³/mol. The first kappa shape index (κ1) is 14.0. The van der Waals surface area contributed by atoms with Crippen LogP contribution in [0.3, 0.4) is 0 Å². The standard InChI is InChI=1S/C13H17BrO3/c1-2-16-13(15)11-7-3-4-8-12(11)17-10-6-5-9-14/h3-4,7-8H,2,5-6,9-10H2,1H3. The Morgan fingerprint density at radius 2 is 2.06 bits per heavy atom. The van der Waals surface area contributed by atoms with Crippen LogP contribution in [0.5, 0.6) is 5.75 Å². The maximum absolute atomic E-state index is 11.6. The van der Waals surface area contributed by atoms with Crippen molar-refractivity contribution in [1.29, 1.82) is 0 Å². The second-order valence-corrected chi connectivity index (χ2v) is 4.25. The van der Waals surface area contributed by atoms with Crippen LogP contribution >= 0.6 is 15.9 Å².